The van der Waals surface area contributed by atoms with Crippen molar-refractivity contribution in [3.63, 3.8) is 0 Å². The normalized spacial score (nSPS) is 16.3. The molecule has 0 radical (unpaired) electrons. The molecule has 132 valence electrons. The van der Waals surface area contributed by atoms with Gasteiger partial charge in [-0.1, -0.05) is 0 Å². The Morgan fingerprint density at radius 2 is 2.17 bits per heavy atom. The standard InChI is InChI=1S/C16H19N3O3.2ClH/c1-21-11-3-4-14-13(9-11)12(5-7-18-14)15-10-19(8-2-6-17)16(20)22-15;;/h3-5,7,9,15H,2,6,8,10,17H2,1H3;2*1H. The van der Waals surface area contributed by atoms with Crippen LogP contribution in [-0.2, 0) is 4.74 Å². The number of carbonyl (C=O) groups excluding carboxylic acids is 1. The highest BCUT2D eigenvalue weighted by molar-refractivity contribution is 5.86. The second-order valence-corrected chi connectivity index (χ2v) is 5.24. The molecule has 1 saturated heterocycles. The van der Waals surface area contributed by atoms with Gasteiger partial charge < -0.3 is 20.1 Å². The number of halogens is 2. The zero-order valence-electron chi connectivity index (χ0n) is 13.3. The number of methoxy groups -OCH3 is 1. The summed E-state index contributed by atoms with van der Waals surface area (Å²) in [4.78, 5) is 18.0. The molecule has 3 rings (SSSR count). The first-order chi connectivity index (χ1) is 10.7. The average Bonchev–Trinajstić information content (AvgIpc) is 2.92. The molecule has 1 aliphatic heterocycles. The van der Waals surface area contributed by atoms with E-state index < -0.39 is 0 Å². The maximum atomic E-state index is 11.9. The smallest absolute Gasteiger partial charge is 0.410 e. The van der Waals surface area contributed by atoms with Crippen LogP contribution in [0.4, 0.5) is 4.79 Å². The first-order valence-electron chi connectivity index (χ1n) is 7.31. The zero-order valence-corrected chi connectivity index (χ0v) is 14.9. The highest BCUT2D eigenvalue weighted by atomic mass is 35.5. The van der Waals surface area contributed by atoms with E-state index in [-0.39, 0.29) is 37.0 Å². The molecule has 0 bridgehead atoms. The van der Waals surface area contributed by atoms with Gasteiger partial charge in [0.25, 0.3) is 0 Å². The van der Waals surface area contributed by atoms with E-state index in [1.165, 1.54) is 0 Å². The molecule has 1 fully saturated rings. The van der Waals surface area contributed by atoms with E-state index in [4.69, 9.17) is 15.2 Å². The number of amides is 1. The molecule has 1 aromatic heterocycles. The summed E-state index contributed by atoms with van der Waals surface area (Å²) < 4.78 is 10.8. The minimum atomic E-state index is -0.289. The molecule has 1 unspecified atom stereocenters. The Kier molecular flexibility index (Phi) is 7.54. The van der Waals surface area contributed by atoms with Crippen LogP contribution in [0.2, 0.25) is 0 Å². The Morgan fingerprint density at radius 3 is 2.88 bits per heavy atom. The number of hydrogen-bond acceptors (Lipinski definition) is 5. The number of nitrogens with two attached hydrogens (primary N) is 1. The second kappa shape index (κ2) is 8.92. The second-order valence-electron chi connectivity index (χ2n) is 5.24. The molecule has 6 nitrogen and oxygen atoms in total. The van der Waals surface area contributed by atoms with E-state index >= 15 is 0 Å². The van der Waals surface area contributed by atoms with Crippen LogP contribution in [-0.4, -0.2) is 42.7 Å². The number of nitrogens with zero attached hydrogens (tertiary/aromatic N) is 2. The van der Waals surface area contributed by atoms with Crippen LogP contribution < -0.4 is 10.5 Å². The van der Waals surface area contributed by atoms with Crippen molar-refractivity contribution in [3.8, 4) is 5.75 Å². The Hall–Kier alpha value is -1.76. The predicted molar refractivity (Wildman–Crippen MR) is 97.3 cm³/mol. The summed E-state index contributed by atoms with van der Waals surface area (Å²) in [7, 11) is 1.63. The first-order valence-corrected chi connectivity index (χ1v) is 7.31. The minimum Gasteiger partial charge on any atom is -0.497 e. The van der Waals surface area contributed by atoms with Crippen LogP contribution in [0.1, 0.15) is 18.1 Å². The molecular weight excluding hydrogens is 353 g/mol. The van der Waals surface area contributed by atoms with Crippen molar-refractivity contribution < 1.29 is 14.3 Å². The van der Waals surface area contributed by atoms with Crippen LogP contribution in [0.5, 0.6) is 5.75 Å². The predicted octanol–water partition coefficient (Wildman–Crippen LogP) is 2.93. The quantitative estimate of drug-likeness (QED) is 0.871. The van der Waals surface area contributed by atoms with Gasteiger partial charge in [0, 0.05) is 23.7 Å². The van der Waals surface area contributed by atoms with Crippen molar-refractivity contribution in [2.75, 3.05) is 26.7 Å². The fourth-order valence-corrected chi connectivity index (χ4v) is 2.69. The number of cyclic esters (lactones) is 1. The lowest BCUT2D eigenvalue weighted by Gasteiger charge is -2.13. The fraction of sp³-hybridized carbons (Fsp3) is 0.375. The van der Waals surface area contributed by atoms with E-state index in [2.05, 4.69) is 4.98 Å². The number of benzene rings is 1. The van der Waals surface area contributed by atoms with Crippen molar-refractivity contribution in [1.29, 1.82) is 0 Å². The molecule has 1 amide bonds. The molecule has 1 aliphatic rings. The molecule has 0 aliphatic carbocycles. The lowest BCUT2D eigenvalue weighted by Crippen LogP contribution is -2.27. The molecular formula is C16H21Cl2N3O3. The minimum absolute atomic E-state index is 0. The Morgan fingerprint density at radius 1 is 1.38 bits per heavy atom. The highest BCUT2D eigenvalue weighted by Crippen LogP contribution is 2.32. The van der Waals surface area contributed by atoms with Crippen molar-refractivity contribution >= 4 is 41.8 Å². The number of aromatic nitrogens is 1. The van der Waals surface area contributed by atoms with Crippen LogP contribution in [0, 0.1) is 0 Å². The summed E-state index contributed by atoms with van der Waals surface area (Å²) >= 11 is 0. The molecule has 1 atom stereocenters. The Labute approximate surface area is 153 Å². The number of pyridine rings is 1. The maximum absolute atomic E-state index is 11.9. The summed E-state index contributed by atoms with van der Waals surface area (Å²) in [6, 6.07) is 7.59. The maximum Gasteiger partial charge on any atom is 0.410 e. The number of fused-ring (bicyclic) bond motifs is 1. The topological polar surface area (TPSA) is 77.7 Å². The summed E-state index contributed by atoms with van der Waals surface area (Å²) in [5.74, 6) is 0.756. The van der Waals surface area contributed by atoms with Crippen LogP contribution in [0.25, 0.3) is 10.9 Å². The van der Waals surface area contributed by atoms with Gasteiger partial charge in [-0.25, -0.2) is 4.79 Å². The van der Waals surface area contributed by atoms with Gasteiger partial charge in [-0.05, 0) is 37.2 Å². The molecule has 0 spiro atoms. The van der Waals surface area contributed by atoms with E-state index in [0.717, 1.165) is 28.6 Å². The third-order valence-electron chi connectivity index (χ3n) is 3.85. The summed E-state index contributed by atoms with van der Waals surface area (Å²) in [6.07, 6.45) is 1.93. The van der Waals surface area contributed by atoms with Gasteiger partial charge in [0.1, 0.15) is 11.9 Å². The molecule has 24 heavy (non-hydrogen) atoms. The lowest BCUT2D eigenvalue weighted by atomic mass is 10.0. The molecule has 2 N–H and O–H groups in total. The third-order valence-corrected chi connectivity index (χ3v) is 3.85. The number of hydrogen-bond donors (Lipinski definition) is 1. The largest absolute Gasteiger partial charge is 0.497 e. The molecule has 0 saturated carbocycles. The monoisotopic (exact) mass is 373 g/mol. The van der Waals surface area contributed by atoms with Gasteiger partial charge >= 0.3 is 6.09 Å². The first kappa shape index (κ1) is 20.3. The third kappa shape index (κ3) is 4.01. The SMILES string of the molecule is COc1ccc2nccc(C3CN(CCCN)C(=O)O3)c2c1.Cl.Cl. The molecule has 8 heteroatoms. The highest BCUT2D eigenvalue weighted by Gasteiger charge is 2.32. The Bertz CT molecular complexity index is 699. The van der Waals surface area contributed by atoms with Gasteiger partial charge in [-0.2, -0.15) is 0 Å². The Balaban J connectivity index is 0.00000144. The summed E-state index contributed by atoms with van der Waals surface area (Å²) in [5.41, 5.74) is 7.31. The lowest BCUT2D eigenvalue weighted by molar-refractivity contribution is 0.133. The fourth-order valence-electron chi connectivity index (χ4n) is 2.69. The average molecular weight is 374 g/mol. The molecule has 2 aromatic rings. The summed E-state index contributed by atoms with van der Waals surface area (Å²) in [5, 5.41) is 0.945. The van der Waals surface area contributed by atoms with Gasteiger partial charge in [0.05, 0.1) is 19.2 Å². The summed E-state index contributed by atoms with van der Waals surface area (Å²) in [6.45, 7) is 1.72. The number of ether oxygens (including phenoxy) is 2. The van der Waals surface area contributed by atoms with Crippen LogP contribution in [0.3, 0.4) is 0 Å². The zero-order chi connectivity index (χ0) is 15.5. The van der Waals surface area contributed by atoms with Crippen LogP contribution in [0.15, 0.2) is 30.5 Å². The van der Waals surface area contributed by atoms with Crippen LogP contribution >= 0.6 is 24.8 Å². The van der Waals surface area contributed by atoms with Crippen molar-refractivity contribution in [2.45, 2.75) is 12.5 Å². The van der Waals surface area contributed by atoms with Gasteiger partial charge in [0.15, 0.2) is 0 Å². The van der Waals surface area contributed by atoms with Crippen molar-refractivity contribution in [2.24, 2.45) is 5.73 Å². The van der Waals surface area contributed by atoms with Crippen molar-refractivity contribution in [1.82, 2.24) is 9.88 Å². The van der Waals surface area contributed by atoms with E-state index in [0.29, 0.717) is 19.6 Å². The number of rotatable bonds is 5. The van der Waals surface area contributed by atoms with E-state index in [1.54, 1.807) is 18.2 Å². The van der Waals surface area contributed by atoms with Gasteiger partial charge in [-0.3, -0.25) is 4.98 Å². The van der Waals surface area contributed by atoms with Gasteiger partial charge in [-0.15, -0.1) is 24.8 Å². The van der Waals surface area contributed by atoms with Crippen molar-refractivity contribution in [3.05, 3.63) is 36.0 Å². The van der Waals surface area contributed by atoms with E-state index in [9.17, 15) is 4.79 Å². The molecule has 1 aromatic carbocycles. The van der Waals surface area contributed by atoms with E-state index in [1.807, 2.05) is 24.3 Å². The number of carbonyl (C=O) groups is 1. The van der Waals surface area contributed by atoms with Gasteiger partial charge in [0.2, 0.25) is 0 Å². The molecule has 2 heterocycles.